The number of hydrogen-bond donors (Lipinski definition) is 1. The Balaban J connectivity index is 1.83. The minimum Gasteiger partial charge on any atom is -0.503 e. The Morgan fingerprint density at radius 1 is 1.33 bits per heavy atom. The van der Waals surface area contributed by atoms with Gasteiger partial charge in [0, 0.05) is 11.6 Å². The van der Waals surface area contributed by atoms with Gasteiger partial charge in [-0.3, -0.25) is 14.5 Å². The van der Waals surface area contributed by atoms with Crippen molar-refractivity contribution in [3.63, 3.8) is 0 Å². The van der Waals surface area contributed by atoms with Crippen molar-refractivity contribution in [2.45, 2.75) is 26.3 Å². The molecule has 1 unspecified atom stereocenters. The van der Waals surface area contributed by atoms with Gasteiger partial charge in [0.1, 0.15) is 11.5 Å². The van der Waals surface area contributed by atoms with Crippen molar-refractivity contribution < 1.29 is 23.8 Å². The second kappa shape index (κ2) is 8.16. The summed E-state index contributed by atoms with van der Waals surface area (Å²) < 4.78 is 11.2. The fraction of sp³-hybridized carbons (Fsp3) is 0.227. The molecule has 0 aliphatic carbocycles. The molecule has 1 aliphatic heterocycles. The molecule has 0 bridgehead atoms. The van der Waals surface area contributed by atoms with E-state index in [2.05, 4.69) is 4.98 Å². The number of carbonyl (C=O) groups is 2. The Morgan fingerprint density at radius 3 is 2.83 bits per heavy atom. The molecule has 1 amide bonds. The Labute approximate surface area is 177 Å². The number of rotatable bonds is 7. The van der Waals surface area contributed by atoms with E-state index in [4.69, 9.17) is 9.15 Å². The average molecular weight is 424 g/mol. The molecule has 0 saturated carbocycles. The second-order valence-corrected chi connectivity index (χ2v) is 7.69. The van der Waals surface area contributed by atoms with E-state index in [1.165, 1.54) is 22.3 Å². The number of nitrogens with zero attached hydrogens (tertiary/aromatic N) is 2. The van der Waals surface area contributed by atoms with E-state index >= 15 is 0 Å². The first-order valence-electron chi connectivity index (χ1n) is 9.51. The minimum atomic E-state index is -0.855. The van der Waals surface area contributed by atoms with Crippen LogP contribution in [0.15, 0.2) is 63.7 Å². The zero-order valence-electron chi connectivity index (χ0n) is 16.5. The standard InChI is InChI=1S/C22H20N2O5S/c1-3-10-28-15-6-4-5-14(12-15)18-17(19(25)16-8-7-13(2)29-16)20(26)21(27)24(18)22-23-9-11-30-22/h4-9,11-12,18,26H,3,10H2,1-2H3. The van der Waals surface area contributed by atoms with Gasteiger partial charge in [-0.2, -0.15) is 0 Å². The maximum absolute atomic E-state index is 13.2. The van der Waals surface area contributed by atoms with Crippen LogP contribution in [0.2, 0.25) is 0 Å². The number of carbonyl (C=O) groups excluding carboxylic acids is 2. The molecule has 1 aliphatic rings. The van der Waals surface area contributed by atoms with Gasteiger partial charge in [-0.05, 0) is 43.2 Å². The SMILES string of the molecule is CCCOc1cccc(C2C(C(=O)c3ccc(C)o3)=C(O)C(=O)N2c2nccs2)c1. The highest BCUT2D eigenvalue weighted by molar-refractivity contribution is 7.13. The number of furan rings is 1. The number of benzene rings is 1. The lowest BCUT2D eigenvalue weighted by Gasteiger charge is -2.24. The fourth-order valence-electron chi connectivity index (χ4n) is 3.37. The minimum absolute atomic E-state index is 0.0443. The highest BCUT2D eigenvalue weighted by atomic mass is 32.1. The molecule has 4 rings (SSSR count). The summed E-state index contributed by atoms with van der Waals surface area (Å²) in [6, 6.07) is 9.50. The number of aliphatic hydroxyl groups is 1. The smallest absolute Gasteiger partial charge is 0.296 e. The van der Waals surface area contributed by atoms with Gasteiger partial charge in [0.2, 0.25) is 5.78 Å². The molecule has 1 atom stereocenters. The monoisotopic (exact) mass is 424 g/mol. The van der Waals surface area contributed by atoms with Crippen molar-refractivity contribution in [2.24, 2.45) is 0 Å². The number of ketones is 1. The summed E-state index contributed by atoms with van der Waals surface area (Å²) in [4.78, 5) is 31.8. The number of aromatic nitrogens is 1. The van der Waals surface area contributed by atoms with E-state index < -0.39 is 23.5 Å². The van der Waals surface area contributed by atoms with E-state index in [0.717, 1.165) is 6.42 Å². The zero-order chi connectivity index (χ0) is 21.3. The van der Waals surface area contributed by atoms with E-state index in [0.29, 0.717) is 28.8 Å². The first-order chi connectivity index (χ1) is 14.5. The van der Waals surface area contributed by atoms with Gasteiger partial charge in [-0.1, -0.05) is 19.1 Å². The number of anilines is 1. The summed E-state index contributed by atoms with van der Waals surface area (Å²) in [6.07, 6.45) is 2.41. The van der Waals surface area contributed by atoms with Crippen molar-refractivity contribution in [3.8, 4) is 5.75 Å². The predicted octanol–water partition coefficient (Wildman–Crippen LogP) is 4.62. The van der Waals surface area contributed by atoms with Crippen molar-refractivity contribution in [3.05, 3.63) is 76.4 Å². The van der Waals surface area contributed by atoms with Crippen LogP contribution >= 0.6 is 11.3 Å². The summed E-state index contributed by atoms with van der Waals surface area (Å²) in [5.41, 5.74) is 0.583. The van der Waals surface area contributed by atoms with Gasteiger partial charge < -0.3 is 14.3 Å². The third-order valence-corrected chi connectivity index (χ3v) is 5.46. The molecule has 3 aromatic rings. The molecule has 0 saturated heterocycles. The third kappa shape index (κ3) is 3.50. The molecule has 3 heterocycles. The average Bonchev–Trinajstić information content (AvgIpc) is 3.47. The van der Waals surface area contributed by atoms with Crippen LogP contribution in [0.4, 0.5) is 5.13 Å². The van der Waals surface area contributed by atoms with E-state index in [1.807, 2.05) is 13.0 Å². The second-order valence-electron chi connectivity index (χ2n) is 6.82. The van der Waals surface area contributed by atoms with Crippen molar-refractivity contribution in [1.29, 1.82) is 0 Å². The first kappa shape index (κ1) is 19.9. The van der Waals surface area contributed by atoms with Crippen LogP contribution in [0, 0.1) is 6.92 Å². The lowest BCUT2D eigenvalue weighted by Crippen LogP contribution is -2.30. The maximum atomic E-state index is 13.2. The van der Waals surface area contributed by atoms with Crippen LogP contribution in [-0.4, -0.2) is 28.4 Å². The van der Waals surface area contributed by atoms with Gasteiger partial charge in [0.25, 0.3) is 5.91 Å². The molecule has 1 N–H and O–H groups in total. The molecular weight excluding hydrogens is 404 g/mol. The fourth-order valence-corrected chi connectivity index (χ4v) is 4.04. The maximum Gasteiger partial charge on any atom is 0.296 e. The van der Waals surface area contributed by atoms with Gasteiger partial charge in [-0.15, -0.1) is 11.3 Å². The van der Waals surface area contributed by atoms with Crippen molar-refractivity contribution in [2.75, 3.05) is 11.5 Å². The first-order valence-corrected chi connectivity index (χ1v) is 10.4. The Kier molecular flexibility index (Phi) is 5.41. The summed E-state index contributed by atoms with van der Waals surface area (Å²) in [5, 5.41) is 12.8. The van der Waals surface area contributed by atoms with Crippen LogP contribution in [0.1, 0.15) is 41.3 Å². The van der Waals surface area contributed by atoms with Gasteiger partial charge in [0.15, 0.2) is 16.7 Å². The molecule has 7 nitrogen and oxygen atoms in total. The highest BCUT2D eigenvalue weighted by Gasteiger charge is 2.46. The summed E-state index contributed by atoms with van der Waals surface area (Å²) >= 11 is 1.25. The largest absolute Gasteiger partial charge is 0.503 e. The number of amides is 1. The van der Waals surface area contributed by atoms with Crippen LogP contribution in [0.25, 0.3) is 0 Å². The third-order valence-electron chi connectivity index (χ3n) is 4.69. The number of ether oxygens (including phenoxy) is 1. The van der Waals surface area contributed by atoms with Crippen LogP contribution in [0.5, 0.6) is 5.75 Å². The highest BCUT2D eigenvalue weighted by Crippen LogP contribution is 2.43. The molecule has 0 fully saturated rings. The van der Waals surface area contributed by atoms with Gasteiger partial charge in [0.05, 0.1) is 18.2 Å². The number of aliphatic hydroxyl groups excluding tert-OH is 1. The number of aryl methyl sites for hydroxylation is 1. The van der Waals surface area contributed by atoms with Crippen LogP contribution in [-0.2, 0) is 4.79 Å². The number of hydrogen-bond acceptors (Lipinski definition) is 7. The van der Waals surface area contributed by atoms with Crippen molar-refractivity contribution >= 4 is 28.2 Å². The Hall–Kier alpha value is -3.39. The number of thiazole rings is 1. The quantitative estimate of drug-likeness (QED) is 0.557. The molecule has 0 spiro atoms. The number of Topliss-reactive ketones (excluding diaryl/α,β-unsaturated/α-hetero) is 1. The van der Waals surface area contributed by atoms with Crippen LogP contribution < -0.4 is 9.64 Å². The molecule has 2 aromatic heterocycles. The molecule has 0 radical (unpaired) electrons. The normalized spacial score (nSPS) is 16.4. The Morgan fingerprint density at radius 2 is 2.17 bits per heavy atom. The molecule has 1 aromatic carbocycles. The van der Waals surface area contributed by atoms with Crippen LogP contribution in [0.3, 0.4) is 0 Å². The topological polar surface area (TPSA) is 92.9 Å². The lowest BCUT2D eigenvalue weighted by molar-refractivity contribution is -0.117. The summed E-state index contributed by atoms with van der Waals surface area (Å²) in [5.74, 6) is -0.585. The van der Waals surface area contributed by atoms with Gasteiger partial charge in [-0.25, -0.2) is 4.98 Å². The molecular formula is C22H20N2O5S. The lowest BCUT2D eigenvalue weighted by atomic mass is 9.95. The summed E-state index contributed by atoms with van der Waals surface area (Å²) in [6.45, 7) is 4.27. The van der Waals surface area contributed by atoms with E-state index in [-0.39, 0.29) is 11.3 Å². The van der Waals surface area contributed by atoms with E-state index in [1.54, 1.807) is 42.8 Å². The Bertz CT molecular complexity index is 1120. The molecule has 30 heavy (non-hydrogen) atoms. The van der Waals surface area contributed by atoms with Gasteiger partial charge >= 0.3 is 0 Å². The molecule has 8 heteroatoms. The summed E-state index contributed by atoms with van der Waals surface area (Å²) in [7, 11) is 0. The predicted molar refractivity (Wildman–Crippen MR) is 112 cm³/mol. The zero-order valence-corrected chi connectivity index (χ0v) is 17.3. The van der Waals surface area contributed by atoms with Crippen molar-refractivity contribution in [1.82, 2.24) is 4.98 Å². The molecule has 154 valence electrons. The van der Waals surface area contributed by atoms with E-state index in [9.17, 15) is 14.7 Å².